The predicted octanol–water partition coefficient (Wildman–Crippen LogP) is 0.0391. The molecule has 1 unspecified atom stereocenters. The summed E-state index contributed by atoms with van der Waals surface area (Å²) < 4.78 is 4.77. The number of carbonyl (C=O) groups excluding carboxylic acids is 2. The van der Waals surface area contributed by atoms with Gasteiger partial charge in [0.2, 0.25) is 5.91 Å². The first-order valence-corrected chi connectivity index (χ1v) is 5.02. The molecule has 0 aromatic rings. The summed E-state index contributed by atoms with van der Waals surface area (Å²) in [5.74, 6) is -0.677. The minimum atomic E-state index is -0.666. The van der Waals surface area contributed by atoms with Crippen LogP contribution in [-0.2, 0) is 14.3 Å². The Morgan fingerprint density at radius 3 is 2.40 bits per heavy atom. The van der Waals surface area contributed by atoms with Crippen LogP contribution in [0.25, 0.3) is 0 Å². The van der Waals surface area contributed by atoms with E-state index in [4.69, 9.17) is 10.5 Å². The minimum absolute atomic E-state index is 0.231. The topological polar surface area (TPSA) is 81.4 Å². The van der Waals surface area contributed by atoms with E-state index in [0.717, 1.165) is 0 Å². The molecule has 0 saturated heterocycles. The summed E-state index contributed by atoms with van der Waals surface area (Å²) in [7, 11) is 0. The fourth-order valence-electron chi connectivity index (χ4n) is 0.811. The fourth-order valence-corrected chi connectivity index (χ4v) is 0.811. The Bertz CT molecular complexity index is 239. The van der Waals surface area contributed by atoms with Gasteiger partial charge in [-0.3, -0.25) is 4.79 Å². The number of hydrogen-bond acceptors (Lipinski definition) is 4. The monoisotopic (exact) mass is 216 g/mol. The van der Waals surface area contributed by atoms with Crippen molar-refractivity contribution in [2.75, 3.05) is 13.2 Å². The third-order valence-electron chi connectivity index (χ3n) is 2.11. The van der Waals surface area contributed by atoms with Crippen molar-refractivity contribution in [1.29, 1.82) is 0 Å². The molecule has 0 saturated carbocycles. The van der Waals surface area contributed by atoms with Gasteiger partial charge in [0.25, 0.3) is 0 Å². The number of amides is 1. The van der Waals surface area contributed by atoms with Crippen LogP contribution in [0.3, 0.4) is 0 Å². The molecule has 0 rings (SSSR count). The molecule has 0 aromatic heterocycles. The van der Waals surface area contributed by atoms with Crippen molar-refractivity contribution in [3.63, 3.8) is 0 Å². The molecule has 0 aliphatic carbocycles. The van der Waals surface area contributed by atoms with Crippen molar-refractivity contribution in [3.05, 3.63) is 0 Å². The van der Waals surface area contributed by atoms with E-state index in [-0.39, 0.29) is 12.5 Å². The van der Waals surface area contributed by atoms with Gasteiger partial charge in [-0.2, -0.15) is 0 Å². The fraction of sp³-hybridized carbons (Fsp3) is 0.800. The smallest absolute Gasteiger partial charge is 0.328 e. The summed E-state index contributed by atoms with van der Waals surface area (Å²) in [6.45, 7) is 7.28. The first kappa shape index (κ1) is 13.9. The number of nitrogens with one attached hydrogen (secondary N) is 1. The summed E-state index contributed by atoms with van der Waals surface area (Å²) >= 11 is 0. The average Bonchev–Trinajstić information content (AvgIpc) is 2.17. The lowest BCUT2D eigenvalue weighted by atomic mass is 9.92. The van der Waals surface area contributed by atoms with Crippen molar-refractivity contribution in [2.45, 2.75) is 33.7 Å². The van der Waals surface area contributed by atoms with Gasteiger partial charge in [0.05, 0.1) is 12.0 Å². The number of ether oxygens (including phenoxy) is 1. The van der Waals surface area contributed by atoms with Crippen LogP contribution in [0.4, 0.5) is 0 Å². The molecule has 0 aliphatic rings. The molecular formula is C10H20N2O3. The Morgan fingerprint density at radius 1 is 1.47 bits per heavy atom. The number of nitrogens with two attached hydrogens (primary N) is 1. The number of carbonyl (C=O) groups is 2. The second kappa shape index (κ2) is 5.70. The maximum Gasteiger partial charge on any atom is 0.328 e. The quantitative estimate of drug-likeness (QED) is 0.636. The van der Waals surface area contributed by atoms with Crippen molar-refractivity contribution in [2.24, 2.45) is 11.1 Å². The maximum absolute atomic E-state index is 11.6. The van der Waals surface area contributed by atoms with Crippen molar-refractivity contribution in [1.82, 2.24) is 5.32 Å². The number of hydrogen-bond donors (Lipinski definition) is 2. The van der Waals surface area contributed by atoms with Crippen molar-refractivity contribution in [3.8, 4) is 0 Å². The van der Waals surface area contributed by atoms with Gasteiger partial charge in [-0.1, -0.05) is 0 Å². The zero-order valence-corrected chi connectivity index (χ0v) is 9.79. The molecule has 0 radical (unpaired) electrons. The first-order chi connectivity index (χ1) is 6.85. The van der Waals surface area contributed by atoms with Crippen LogP contribution in [0, 0.1) is 5.41 Å². The van der Waals surface area contributed by atoms with E-state index in [1.807, 2.05) is 0 Å². The molecular weight excluding hydrogens is 196 g/mol. The van der Waals surface area contributed by atoms with Gasteiger partial charge >= 0.3 is 5.97 Å². The zero-order valence-electron chi connectivity index (χ0n) is 9.79. The third kappa shape index (κ3) is 4.29. The van der Waals surface area contributed by atoms with Crippen LogP contribution in [0.1, 0.15) is 27.7 Å². The summed E-state index contributed by atoms with van der Waals surface area (Å²) in [5.41, 5.74) is 4.77. The number of rotatable bonds is 5. The second-order valence-corrected chi connectivity index (χ2v) is 4.04. The normalized spacial score (nSPS) is 13.1. The van der Waals surface area contributed by atoms with Crippen LogP contribution in [0.15, 0.2) is 0 Å². The van der Waals surface area contributed by atoms with Gasteiger partial charge in [0.15, 0.2) is 0 Å². The Morgan fingerprint density at radius 2 is 2.00 bits per heavy atom. The molecule has 0 fully saturated rings. The molecule has 15 heavy (non-hydrogen) atoms. The molecule has 0 heterocycles. The van der Waals surface area contributed by atoms with Gasteiger partial charge in [-0.15, -0.1) is 0 Å². The average molecular weight is 216 g/mol. The van der Waals surface area contributed by atoms with E-state index in [2.05, 4.69) is 5.32 Å². The SMILES string of the molecule is CCOC(=O)C(C)NC(=O)C(C)(C)CN. The van der Waals surface area contributed by atoms with E-state index < -0.39 is 17.4 Å². The van der Waals surface area contributed by atoms with Gasteiger partial charge in [0, 0.05) is 6.54 Å². The zero-order chi connectivity index (χ0) is 12.1. The van der Waals surface area contributed by atoms with Crippen LogP contribution in [-0.4, -0.2) is 31.1 Å². The van der Waals surface area contributed by atoms with Crippen LogP contribution >= 0.6 is 0 Å². The van der Waals surface area contributed by atoms with Gasteiger partial charge in [0.1, 0.15) is 6.04 Å². The molecule has 88 valence electrons. The highest BCUT2D eigenvalue weighted by Crippen LogP contribution is 2.12. The summed E-state index contributed by atoms with van der Waals surface area (Å²) in [4.78, 5) is 22.8. The Kier molecular flexibility index (Phi) is 5.28. The lowest BCUT2D eigenvalue weighted by Crippen LogP contribution is -2.48. The molecule has 5 heteroatoms. The summed E-state index contributed by atoms with van der Waals surface area (Å²) in [6.07, 6.45) is 0. The predicted molar refractivity (Wildman–Crippen MR) is 57.1 cm³/mol. The Balaban J connectivity index is 4.24. The van der Waals surface area contributed by atoms with Crippen LogP contribution in [0.5, 0.6) is 0 Å². The van der Waals surface area contributed by atoms with E-state index >= 15 is 0 Å². The first-order valence-electron chi connectivity index (χ1n) is 5.02. The highest BCUT2D eigenvalue weighted by atomic mass is 16.5. The second-order valence-electron chi connectivity index (χ2n) is 4.04. The Hall–Kier alpha value is -1.10. The third-order valence-corrected chi connectivity index (χ3v) is 2.11. The molecule has 0 aromatic carbocycles. The standard InChI is InChI=1S/C10H20N2O3/c1-5-15-8(13)7(2)12-9(14)10(3,4)6-11/h7H,5-6,11H2,1-4H3,(H,12,14). The molecule has 0 bridgehead atoms. The number of esters is 1. The lowest BCUT2D eigenvalue weighted by Gasteiger charge is -2.23. The lowest BCUT2D eigenvalue weighted by molar-refractivity contribution is -0.147. The van der Waals surface area contributed by atoms with Gasteiger partial charge < -0.3 is 15.8 Å². The van der Waals surface area contributed by atoms with Gasteiger partial charge in [-0.25, -0.2) is 4.79 Å². The summed E-state index contributed by atoms with van der Waals surface area (Å²) in [5, 5.41) is 2.56. The van der Waals surface area contributed by atoms with Gasteiger partial charge in [-0.05, 0) is 27.7 Å². The molecule has 1 atom stereocenters. The molecule has 0 spiro atoms. The largest absolute Gasteiger partial charge is 0.464 e. The molecule has 1 amide bonds. The molecule has 3 N–H and O–H groups in total. The van der Waals surface area contributed by atoms with E-state index in [0.29, 0.717) is 6.61 Å². The molecule has 0 aliphatic heterocycles. The van der Waals surface area contributed by atoms with E-state index in [1.54, 1.807) is 27.7 Å². The Labute approximate surface area is 90.4 Å². The van der Waals surface area contributed by atoms with E-state index in [9.17, 15) is 9.59 Å². The minimum Gasteiger partial charge on any atom is -0.464 e. The highest BCUT2D eigenvalue weighted by molar-refractivity contribution is 5.87. The van der Waals surface area contributed by atoms with Crippen LogP contribution < -0.4 is 11.1 Å². The highest BCUT2D eigenvalue weighted by Gasteiger charge is 2.28. The van der Waals surface area contributed by atoms with Crippen molar-refractivity contribution >= 4 is 11.9 Å². The maximum atomic E-state index is 11.6. The summed E-state index contributed by atoms with van der Waals surface area (Å²) in [6, 6.07) is -0.636. The molecule has 5 nitrogen and oxygen atoms in total. The van der Waals surface area contributed by atoms with E-state index in [1.165, 1.54) is 0 Å². The van der Waals surface area contributed by atoms with Crippen molar-refractivity contribution < 1.29 is 14.3 Å². The van der Waals surface area contributed by atoms with Crippen LogP contribution in [0.2, 0.25) is 0 Å².